The number of benzene rings is 2. The van der Waals surface area contributed by atoms with E-state index in [1.54, 1.807) is 18.2 Å². The highest BCUT2D eigenvalue weighted by Crippen LogP contribution is 2.25. The van der Waals surface area contributed by atoms with Crippen LogP contribution in [0.2, 0.25) is 0 Å². The number of carbonyl (C=O) groups excluding carboxylic acids is 1. The van der Waals surface area contributed by atoms with Crippen molar-refractivity contribution in [3.8, 4) is 5.75 Å². The first-order valence-electron chi connectivity index (χ1n) is 7.76. The van der Waals surface area contributed by atoms with Crippen LogP contribution in [0.4, 0.5) is 30.6 Å². The van der Waals surface area contributed by atoms with Gasteiger partial charge >= 0.3 is 6.03 Å². The molecule has 0 fully saturated rings. The third-order valence-electron chi connectivity index (χ3n) is 3.44. The van der Waals surface area contributed by atoms with E-state index in [0.29, 0.717) is 36.3 Å². The fourth-order valence-electron chi connectivity index (χ4n) is 2.27. The second-order valence-corrected chi connectivity index (χ2v) is 5.32. The number of aliphatic hydroxyl groups excluding tert-OH is 1. The smallest absolute Gasteiger partial charge is 0.323 e. The van der Waals surface area contributed by atoms with Gasteiger partial charge in [-0.25, -0.2) is 13.6 Å². The normalized spacial score (nSPS) is 10.3. The van der Waals surface area contributed by atoms with E-state index in [4.69, 9.17) is 10.5 Å². The van der Waals surface area contributed by atoms with E-state index in [1.807, 2.05) is 0 Å². The van der Waals surface area contributed by atoms with E-state index in [-0.39, 0.29) is 11.3 Å². The van der Waals surface area contributed by atoms with Gasteiger partial charge in [0.05, 0.1) is 19.4 Å². The molecule has 0 aromatic heterocycles. The second kappa shape index (κ2) is 8.97. The number of nitrogens with one attached hydrogen (secondary N) is 3. The maximum atomic E-state index is 13.7. The van der Waals surface area contributed by atoms with E-state index in [1.165, 1.54) is 7.11 Å². The lowest BCUT2D eigenvalue weighted by atomic mass is 10.1. The molecule has 0 aliphatic rings. The lowest BCUT2D eigenvalue weighted by molar-refractivity contribution is 0.261. The lowest BCUT2D eigenvalue weighted by Gasteiger charge is -2.14. The molecule has 2 amide bonds. The first-order valence-corrected chi connectivity index (χ1v) is 7.76. The molecule has 2 aromatic rings. The molecule has 26 heavy (non-hydrogen) atoms. The number of rotatable bonds is 7. The highest BCUT2D eigenvalue weighted by Gasteiger charge is 2.13. The summed E-state index contributed by atoms with van der Waals surface area (Å²) in [5.74, 6) is -1.32. The van der Waals surface area contributed by atoms with Crippen LogP contribution >= 0.6 is 0 Å². The van der Waals surface area contributed by atoms with Gasteiger partial charge in [-0.1, -0.05) is 0 Å². The molecule has 0 aliphatic heterocycles. The van der Waals surface area contributed by atoms with Crippen molar-refractivity contribution in [3.05, 3.63) is 47.5 Å². The Balaban J connectivity index is 2.17. The Morgan fingerprint density at radius 2 is 1.88 bits per heavy atom. The maximum absolute atomic E-state index is 13.7. The minimum Gasteiger partial charge on any atom is -0.497 e. The van der Waals surface area contributed by atoms with Crippen LogP contribution in [0.3, 0.4) is 0 Å². The van der Waals surface area contributed by atoms with Crippen molar-refractivity contribution >= 4 is 23.1 Å². The number of nitrogens with two attached hydrogens (primary N) is 1. The molecule has 2 aromatic carbocycles. The van der Waals surface area contributed by atoms with Crippen LogP contribution in [0.5, 0.6) is 5.75 Å². The number of carbonyl (C=O) groups is 1. The van der Waals surface area contributed by atoms with Crippen molar-refractivity contribution in [2.45, 2.75) is 6.61 Å². The molecule has 0 bridgehead atoms. The molecule has 0 radical (unpaired) electrons. The van der Waals surface area contributed by atoms with Gasteiger partial charge in [0.1, 0.15) is 17.4 Å². The monoisotopic (exact) mass is 366 g/mol. The van der Waals surface area contributed by atoms with E-state index in [0.717, 1.165) is 6.07 Å². The summed E-state index contributed by atoms with van der Waals surface area (Å²) >= 11 is 0. The van der Waals surface area contributed by atoms with Gasteiger partial charge in [-0.3, -0.25) is 0 Å². The van der Waals surface area contributed by atoms with Crippen molar-refractivity contribution in [3.63, 3.8) is 0 Å². The molecular weight excluding hydrogens is 346 g/mol. The zero-order valence-electron chi connectivity index (χ0n) is 14.1. The highest BCUT2D eigenvalue weighted by molar-refractivity contribution is 6.00. The molecule has 0 atom stereocenters. The van der Waals surface area contributed by atoms with Crippen molar-refractivity contribution in [2.24, 2.45) is 5.73 Å². The van der Waals surface area contributed by atoms with Gasteiger partial charge < -0.3 is 31.5 Å². The van der Waals surface area contributed by atoms with E-state index in [9.17, 15) is 18.7 Å². The van der Waals surface area contributed by atoms with Gasteiger partial charge in [0.25, 0.3) is 0 Å². The number of urea groups is 1. The molecule has 0 saturated carbocycles. The molecule has 0 saturated heterocycles. The molecule has 9 heteroatoms. The standard InChI is InChI=1S/C17H20F2N4O3/c1-26-13-7-11(21-3-2-20)6-12(8-13)22-17(25)23-16-5-10(18)4-15(19)14(16)9-24/h4-8,21,24H,2-3,9,20H2,1H3,(H2,22,23,25). The lowest BCUT2D eigenvalue weighted by Crippen LogP contribution is -2.21. The van der Waals surface area contributed by atoms with Crippen LogP contribution in [-0.2, 0) is 6.61 Å². The van der Waals surface area contributed by atoms with Gasteiger partial charge in [0, 0.05) is 48.2 Å². The number of aliphatic hydroxyl groups is 1. The predicted molar refractivity (Wildman–Crippen MR) is 95.5 cm³/mol. The third-order valence-corrected chi connectivity index (χ3v) is 3.44. The molecule has 7 nitrogen and oxygen atoms in total. The molecular formula is C17H20F2N4O3. The Morgan fingerprint density at radius 1 is 1.15 bits per heavy atom. The zero-order chi connectivity index (χ0) is 19.1. The number of halogens is 2. The number of hydrogen-bond donors (Lipinski definition) is 5. The second-order valence-electron chi connectivity index (χ2n) is 5.32. The van der Waals surface area contributed by atoms with Gasteiger partial charge in [-0.15, -0.1) is 0 Å². The fourth-order valence-corrected chi connectivity index (χ4v) is 2.27. The van der Waals surface area contributed by atoms with E-state index < -0.39 is 24.3 Å². The Bertz CT molecular complexity index is 787. The van der Waals surface area contributed by atoms with Gasteiger partial charge in [0.2, 0.25) is 0 Å². The first-order chi connectivity index (χ1) is 12.5. The number of anilines is 3. The summed E-state index contributed by atoms with van der Waals surface area (Å²) in [5.41, 5.74) is 6.15. The van der Waals surface area contributed by atoms with Crippen molar-refractivity contribution in [1.29, 1.82) is 0 Å². The van der Waals surface area contributed by atoms with E-state index >= 15 is 0 Å². The highest BCUT2D eigenvalue weighted by atomic mass is 19.1. The predicted octanol–water partition coefficient (Wildman–Crippen LogP) is 2.48. The Kier molecular flexibility index (Phi) is 6.70. The summed E-state index contributed by atoms with van der Waals surface area (Å²) in [6, 6.07) is 5.77. The Hall–Kier alpha value is -2.91. The summed E-state index contributed by atoms with van der Waals surface area (Å²) in [7, 11) is 1.48. The Labute approximate surface area is 149 Å². The largest absolute Gasteiger partial charge is 0.497 e. The van der Waals surface area contributed by atoms with Crippen LogP contribution in [-0.4, -0.2) is 31.3 Å². The first kappa shape index (κ1) is 19.4. The molecule has 0 aliphatic carbocycles. The number of ether oxygens (including phenoxy) is 1. The van der Waals surface area contributed by atoms with Crippen LogP contribution in [0, 0.1) is 11.6 Å². The average Bonchev–Trinajstić information content (AvgIpc) is 2.59. The third kappa shape index (κ3) is 5.04. The van der Waals surface area contributed by atoms with Gasteiger partial charge in [-0.2, -0.15) is 0 Å². The molecule has 6 N–H and O–H groups in total. The minimum atomic E-state index is -0.947. The number of methoxy groups -OCH3 is 1. The van der Waals surface area contributed by atoms with E-state index in [2.05, 4.69) is 16.0 Å². The van der Waals surface area contributed by atoms with Crippen LogP contribution in [0.15, 0.2) is 30.3 Å². The summed E-state index contributed by atoms with van der Waals surface area (Å²) < 4.78 is 32.2. The van der Waals surface area contributed by atoms with Crippen molar-refractivity contribution in [2.75, 3.05) is 36.1 Å². The number of amides is 2. The zero-order valence-corrected chi connectivity index (χ0v) is 14.1. The van der Waals surface area contributed by atoms with Crippen LogP contribution in [0.25, 0.3) is 0 Å². The Morgan fingerprint density at radius 3 is 2.54 bits per heavy atom. The van der Waals surface area contributed by atoms with Gasteiger partial charge in [-0.05, 0) is 12.1 Å². The quantitative estimate of drug-likeness (QED) is 0.517. The topological polar surface area (TPSA) is 109 Å². The molecule has 0 heterocycles. The van der Waals surface area contributed by atoms with Crippen molar-refractivity contribution < 1.29 is 23.4 Å². The maximum Gasteiger partial charge on any atom is 0.323 e. The molecule has 2 rings (SSSR count). The fraction of sp³-hybridized carbons (Fsp3) is 0.235. The molecule has 0 unspecified atom stereocenters. The molecule has 140 valence electrons. The van der Waals surface area contributed by atoms with Gasteiger partial charge in [0.15, 0.2) is 0 Å². The molecule has 0 spiro atoms. The van der Waals surface area contributed by atoms with Crippen LogP contribution in [0.1, 0.15) is 5.56 Å². The summed E-state index contributed by atoms with van der Waals surface area (Å²) in [6.07, 6.45) is 0. The summed E-state index contributed by atoms with van der Waals surface area (Å²) in [5, 5.41) is 17.1. The average molecular weight is 366 g/mol. The van der Waals surface area contributed by atoms with Crippen LogP contribution < -0.4 is 26.4 Å². The summed E-state index contributed by atoms with van der Waals surface area (Å²) in [4.78, 5) is 12.2. The van der Waals surface area contributed by atoms with Crippen molar-refractivity contribution in [1.82, 2.24) is 0 Å². The number of hydrogen-bond acceptors (Lipinski definition) is 5. The summed E-state index contributed by atoms with van der Waals surface area (Å²) in [6.45, 7) is 0.269. The SMILES string of the molecule is COc1cc(NCCN)cc(NC(=O)Nc2cc(F)cc(F)c2CO)c1. The minimum absolute atomic E-state index is 0.160.